The topological polar surface area (TPSA) is 93.5 Å². The molecular weight excluding hydrogens is 192 g/mol. The predicted molar refractivity (Wildman–Crippen MR) is 54.4 cm³/mol. The van der Waals surface area contributed by atoms with Crippen molar-refractivity contribution in [2.75, 3.05) is 0 Å². The normalized spacial score (nSPS) is 10.1. The number of nitrogens with one attached hydrogen (secondary N) is 1. The van der Waals surface area contributed by atoms with Crippen molar-refractivity contribution < 1.29 is 0 Å². The summed E-state index contributed by atoms with van der Waals surface area (Å²) in [6.07, 6.45) is 4.74. The van der Waals surface area contributed by atoms with Crippen molar-refractivity contribution in [3.8, 4) is 0 Å². The Kier molecular flexibility index (Phi) is 2.40. The molecule has 0 unspecified atom stereocenters. The second-order valence-corrected chi connectivity index (χ2v) is 3.06. The molecule has 2 rings (SSSR count). The van der Waals surface area contributed by atoms with Crippen LogP contribution >= 0.6 is 0 Å². The van der Waals surface area contributed by atoms with Crippen molar-refractivity contribution in [2.45, 2.75) is 6.54 Å². The minimum absolute atomic E-state index is 0.0320. The molecule has 0 saturated carbocycles. The first-order valence-electron chi connectivity index (χ1n) is 4.37. The van der Waals surface area contributed by atoms with Gasteiger partial charge < -0.3 is 5.73 Å². The summed E-state index contributed by atoms with van der Waals surface area (Å²) in [6, 6.07) is 3.62. The van der Waals surface area contributed by atoms with Crippen LogP contribution < -0.4 is 5.73 Å². The van der Waals surface area contributed by atoms with Gasteiger partial charge in [-0.05, 0) is 17.7 Å². The van der Waals surface area contributed by atoms with Crippen LogP contribution in [-0.2, 0) is 6.54 Å². The number of rotatable bonds is 3. The highest BCUT2D eigenvalue weighted by Gasteiger charge is 2.00. The summed E-state index contributed by atoms with van der Waals surface area (Å²) in [5.74, 6) is -0.0320. The van der Waals surface area contributed by atoms with E-state index in [4.69, 9.17) is 11.1 Å². The summed E-state index contributed by atoms with van der Waals surface area (Å²) < 4.78 is 1.69. The summed E-state index contributed by atoms with van der Waals surface area (Å²) in [4.78, 5) is 7.82. The van der Waals surface area contributed by atoms with E-state index in [1.54, 1.807) is 23.3 Å². The fourth-order valence-corrected chi connectivity index (χ4v) is 1.22. The number of nitrogens with zero attached hydrogens (tertiary/aromatic N) is 4. The van der Waals surface area contributed by atoms with Crippen LogP contribution in [0.25, 0.3) is 0 Å². The maximum atomic E-state index is 7.26. The molecule has 15 heavy (non-hydrogen) atoms. The molecule has 0 aromatic carbocycles. The van der Waals surface area contributed by atoms with Crippen molar-refractivity contribution in [3.63, 3.8) is 0 Å². The van der Waals surface area contributed by atoms with Gasteiger partial charge in [0.15, 0.2) is 0 Å². The molecule has 0 radical (unpaired) electrons. The third kappa shape index (κ3) is 2.16. The summed E-state index contributed by atoms with van der Waals surface area (Å²) in [5.41, 5.74) is 6.81. The van der Waals surface area contributed by atoms with Crippen LogP contribution in [0.2, 0.25) is 0 Å². The molecule has 0 saturated heterocycles. The van der Waals surface area contributed by atoms with E-state index < -0.39 is 0 Å². The molecule has 0 amide bonds. The number of hydrogen-bond acceptors (Lipinski definition) is 4. The zero-order valence-electron chi connectivity index (χ0n) is 7.96. The Morgan fingerprint density at radius 2 is 2.40 bits per heavy atom. The number of nitrogen functional groups attached to an aromatic ring is 1. The molecule has 0 aliphatic rings. The summed E-state index contributed by atoms with van der Waals surface area (Å²) >= 11 is 0. The Hall–Kier alpha value is -2.24. The second-order valence-electron chi connectivity index (χ2n) is 3.06. The largest absolute Gasteiger partial charge is 0.382 e. The zero-order chi connectivity index (χ0) is 10.7. The Bertz CT molecular complexity index is 461. The molecule has 0 atom stereocenters. The van der Waals surface area contributed by atoms with E-state index in [9.17, 15) is 0 Å². The number of nitrogens with two attached hydrogens (primary N) is 1. The lowest BCUT2D eigenvalue weighted by atomic mass is 10.2. The van der Waals surface area contributed by atoms with E-state index in [1.807, 2.05) is 6.07 Å². The highest BCUT2D eigenvalue weighted by molar-refractivity contribution is 5.93. The standard InChI is InChI=1S/C9H10N6/c10-9(11)8-3-7(1-2-13-8)4-15-6-12-5-14-15/h1-3,5-6H,4H2,(H3,10,11). The molecule has 0 aliphatic heterocycles. The number of amidine groups is 1. The van der Waals surface area contributed by atoms with Crippen molar-refractivity contribution >= 4 is 5.84 Å². The molecule has 2 heterocycles. The average Bonchev–Trinajstić information content (AvgIpc) is 2.71. The Morgan fingerprint density at radius 3 is 3.07 bits per heavy atom. The summed E-state index contributed by atoms with van der Waals surface area (Å²) in [6.45, 7) is 0.600. The van der Waals surface area contributed by atoms with Gasteiger partial charge in [0, 0.05) is 6.20 Å². The van der Waals surface area contributed by atoms with Crippen LogP contribution in [0, 0.1) is 5.41 Å². The predicted octanol–water partition coefficient (Wildman–Crippen LogP) is 0.00547. The van der Waals surface area contributed by atoms with Crippen LogP contribution in [0.15, 0.2) is 31.0 Å². The lowest BCUT2D eigenvalue weighted by Gasteiger charge is -2.02. The fraction of sp³-hybridized carbons (Fsp3) is 0.111. The maximum absolute atomic E-state index is 7.26. The van der Waals surface area contributed by atoms with E-state index in [1.165, 1.54) is 6.33 Å². The zero-order valence-corrected chi connectivity index (χ0v) is 7.96. The molecule has 3 N–H and O–H groups in total. The molecule has 6 heteroatoms. The quantitative estimate of drug-likeness (QED) is 0.541. The molecule has 2 aromatic rings. The Labute approximate surface area is 86.3 Å². The van der Waals surface area contributed by atoms with Crippen molar-refractivity contribution in [3.05, 3.63) is 42.2 Å². The van der Waals surface area contributed by atoms with Crippen molar-refractivity contribution in [2.24, 2.45) is 5.73 Å². The molecule has 76 valence electrons. The van der Waals surface area contributed by atoms with Gasteiger partial charge in [0.25, 0.3) is 0 Å². The first-order chi connectivity index (χ1) is 7.25. The Morgan fingerprint density at radius 1 is 1.53 bits per heavy atom. The maximum Gasteiger partial charge on any atom is 0.141 e. The highest BCUT2D eigenvalue weighted by atomic mass is 15.3. The Balaban J connectivity index is 2.22. The monoisotopic (exact) mass is 202 g/mol. The van der Waals surface area contributed by atoms with Gasteiger partial charge in [-0.15, -0.1) is 0 Å². The van der Waals surface area contributed by atoms with Gasteiger partial charge in [0.05, 0.1) is 6.54 Å². The molecule has 6 nitrogen and oxygen atoms in total. The van der Waals surface area contributed by atoms with Gasteiger partial charge in [-0.3, -0.25) is 10.4 Å². The van der Waals surface area contributed by atoms with E-state index >= 15 is 0 Å². The number of aromatic nitrogens is 4. The fourth-order valence-electron chi connectivity index (χ4n) is 1.22. The van der Waals surface area contributed by atoms with Gasteiger partial charge in [0.2, 0.25) is 0 Å². The first-order valence-corrected chi connectivity index (χ1v) is 4.37. The number of pyridine rings is 1. The van der Waals surface area contributed by atoms with Crippen LogP contribution in [0.1, 0.15) is 11.3 Å². The molecule has 2 aromatic heterocycles. The first kappa shape index (κ1) is 9.32. The van der Waals surface area contributed by atoms with Crippen LogP contribution in [0.4, 0.5) is 0 Å². The summed E-state index contributed by atoms with van der Waals surface area (Å²) in [5, 5.41) is 11.2. The molecule has 0 spiro atoms. The molecule has 0 aliphatic carbocycles. The van der Waals surface area contributed by atoms with Crippen LogP contribution in [0.3, 0.4) is 0 Å². The van der Waals surface area contributed by atoms with Gasteiger partial charge in [-0.1, -0.05) is 0 Å². The SMILES string of the molecule is N=C(N)c1cc(Cn2cncn2)ccn1. The summed E-state index contributed by atoms with van der Waals surface area (Å²) in [7, 11) is 0. The van der Waals surface area contributed by atoms with Crippen molar-refractivity contribution in [1.82, 2.24) is 19.7 Å². The number of hydrogen-bond donors (Lipinski definition) is 2. The lowest BCUT2D eigenvalue weighted by molar-refractivity contribution is 0.684. The van der Waals surface area contributed by atoms with E-state index in [-0.39, 0.29) is 5.84 Å². The highest BCUT2D eigenvalue weighted by Crippen LogP contribution is 2.02. The third-order valence-corrected chi connectivity index (χ3v) is 1.91. The molecule has 0 bridgehead atoms. The van der Waals surface area contributed by atoms with E-state index in [0.717, 1.165) is 5.56 Å². The minimum Gasteiger partial charge on any atom is -0.382 e. The van der Waals surface area contributed by atoms with Gasteiger partial charge in [-0.2, -0.15) is 5.10 Å². The van der Waals surface area contributed by atoms with Gasteiger partial charge >= 0.3 is 0 Å². The van der Waals surface area contributed by atoms with Gasteiger partial charge in [0.1, 0.15) is 24.2 Å². The smallest absolute Gasteiger partial charge is 0.141 e. The van der Waals surface area contributed by atoms with Crippen LogP contribution in [-0.4, -0.2) is 25.6 Å². The van der Waals surface area contributed by atoms with E-state index in [2.05, 4.69) is 15.1 Å². The lowest BCUT2D eigenvalue weighted by Crippen LogP contribution is -2.13. The van der Waals surface area contributed by atoms with Gasteiger partial charge in [-0.25, -0.2) is 9.67 Å². The third-order valence-electron chi connectivity index (χ3n) is 1.91. The average molecular weight is 202 g/mol. The second kappa shape index (κ2) is 3.87. The molecule has 0 fully saturated rings. The van der Waals surface area contributed by atoms with Crippen molar-refractivity contribution in [1.29, 1.82) is 5.41 Å². The minimum atomic E-state index is -0.0320. The van der Waals surface area contributed by atoms with E-state index in [0.29, 0.717) is 12.2 Å². The molecular formula is C9H10N6. The van der Waals surface area contributed by atoms with Crippen LogP contribution in [0.5, 0.6) is 0 Å².